The number of likely N-dealkylation sites (tertiary alicyclic amines) is 1. The molecule has 1 aromatic heterocycles. The molecular formula is C28H25N3O2. The summed E-state index contributed by atoms with van der Waals surface area (Å²) in [6.45, 7) is 4.83. The Hall–Kier alpha value is -4.12. The van der Waals surface area contributed by atoms with Gasteiger partial charge in [0.05, 0.1) is 0 Å². The number of rotatable bonds is 7. The molecule has 164 valence electrons. The Morgan fingerprint density at radius 3 is 2.36 bits per heavy atom. The zero-order valence-electron chi connectivity index (χ0n) is 18.3. The molecule has 0 saturated carbocycles. The van der Waals surface area contributed by atoms with Gasteiger partial charge in [-0.3, -0.25) is 9.59 Å². The second kappa shape index (κ2) is 8.43. The first-order valence-electron chi connectivity index (χ1n) is 11.1. The normalized spacial score (nSPS) is 17.8. The van der Waals surface area contributed by atoms with Crippen molar-refractivity contribution in [3.63, 3.8) is 0 Å². The first kappa shape index (κ1) is 20.8. The Balaban J connectivity index is 1.45. The number of carbonyl (C=O) groups is 2. The summed E-state index contributed by atoms with van der Waals surface area (Å²) in [5.41, 5.74) is 3.01. The lowest BCUT2D eigenvalue weighted by Gasteiger charge is -2.52. The van der Waals surface area contributed by atoms with Gasteiger partial charge in [0.25, 0.3) is 11.8 Å². The Morgan fingerprint density at radius 1 is 0.939 bits per heavy atom. The van der Waals surface area contributed by atoms with E-state index >= 15 is 0 Å². The summed E-state index contributed by atoms with van der Waals surface area (Å²) >= 11 is 0. The van der Waals surface area contributed by atoms with Crippen molar-refractivity contribution in [2.24, 2.45) is 0 Å². The summed E-state index contributed by atoms with van der Waals surface area (Å²) < 4.78 is 0. The van der Waals surface area contributed by atoms with Gasteiger partial charge in [0.1, 0.15) is 0 Å². The first-order valence-corrected chi connectivity index (χ1v) is 11.1. The topological polar surface area (TPSA) is 65.2 Å². The maximum atomic E-state index is 13.7. The van der Waals surface area contributed by atoms with E-state index in [9.17, 15) is 9.59 Å². The summed E-state index contributed by atoms with van der Waals surface area (Å²) in [4.78, 5) is 31.6. The number of nitrogens with one attached hydrogen (secondary N) is 2. The van der Waals surface area contributed by atoms with E-state index in [4.69, 9.17) is 0 Å². The molecule has 5 heteroatoms. The van der Waals surface area contributed by atoms with Gasteiger partial charge in [0.2, 0.25) is 0 Å². The number of para-hydroxylation sites is 1. The van der Waals surface area contributed by atoms with Crippen molar-refractivity contribution in [1.82, 2.24) is 15.2 Å². The van der Waals surface area contributed by atoms with Crippen LogP contribution in [0.1, 0.15) is 16.7 Å². The molecule has 1 unspecified atom stereocenters. The zero-order chi connectivity index (χ0) is 22.8. The highest BCUT2D eigenvalue weighted by atomic mass is 16.2. The number of fused-ring (bicyclic) bond motifs is 1. The maximum Gasteiger partial charge on any atom is 0.255 e. The second-order valence-electron chi connectivity index (χ2n) is 8.29. The van der Waals surface area contributed by atoms with E-state index in [1.807, 2.05) is 85.1 Å². The van der Waals surface area contributed by atoms with Crippen LogP contribution in [0.4, 0.5) is 0 Å². The Morgan fingerprint density at radius 2 is 1.61 bits per heavy atom. The number of aromatic nitrogens is 1. The third-order valence-corrected chi connectivity index (χ3v) is 6.44. The van der Waals surface area contributed by atoms with Crippen LogP contribution in [0, 0.1) is 0 Å². The Bertz CT molecular complexity index is 1330. The zero-order valence-corrected chi connectivity index (χ0v) is 18.3. The predicted octanol–water partition coefficient (Wildman–Crippen LogP) is 4.32. The van der Waals surface area contributed by atoms with E-state index in [2.05, 4.69) is 22.9 Å². The molecule has 2 amide bonds. The summed E-state index contributed by atoms with van der Waals surface area (Å²) in [5, 5.41) is 4.17. The number of nitrogens with zero attached hydrogens (tertiary/aromatic N) is 1. The molecule has 33 heavy (non-hydrogen) atoms. The van der Waals surface area contributed by atoms with Crippen molar-refractivity contribution in [3.8, 4) is 0 Å². The fourth-order valence-electron chi connectivity index (χ4n) is 4.73. The van der Waals surface area contributed by atoms with Gasteiger partial charge < -0.3 is 15.2 Å². The van der Waals surface area contributed by atoms with Gasteiger partial charge in [-0.05, 0) is 29.2 Å². The lowest BCUT2D eigenvalue weighted by molar-refractivity contribution is -0.156. The molecule has 2 heterocycles. The SMILES string of the molecule is C=C1C(=O)N(CCc2c[nH]c3ccccc23)C1(C(=O)NCc1ccccc1)c1ccccc1. The molecule has 1 fully saturated rings. The van der Waals surface area contributed by atoms with Gasteiger partial charge >= 0.3 is 0 Å². The van der Waals surface area contributed by atoms with E-state index < -0.39 is 5.54 Å². The van der Waals surface area contributed by atoms with Crippen LogP contribution in [-0.4, -0.2) is 28.2 Å². The number of benzene rings is 3. The maximum absolute atomic E-state index is 13.7. The van der Waals surface area contributed by atoms with Crippen molar-refractivity contribution in [3.05, 3.63) is 120 Å². The van der Waals surface area contributed by atoms with Crippen molar-refractivity contribution >= 4 is 22.7 Å². The molecule has 1 atom stereocenters. The smallest absolute Gasteiger partial charge is 0.255 e. The number of amides is 2. The molecule has 1 saturated heterocycles. The minimum atomic E-state index is -1.21. The van der Waals surface area contributed by atoms with Crippen LogP contribution < -0.4 is 5.32 Å². The van der Waals surface area contributed by atoms with E-state index in [0.29, 0.717) is 25.1 Å². The minimum Gasteiger partial charge on any atom is -0.361 e. The molecule has 0 spiro atoms. The van der Waals surface area contributed by atoms with E-state index in [1.165, 1.54) is 0 Å². The molecule has 5 nitrogen and oxygen atoms in total. The molecule has 3 aromatic carbocycles. The van der Waals surface area contributed by atoms with Crippen molar-refractivity contribution in [1.29, 1.82) is 0 Å². The molecule has 0 radical (unpaired) electrons. The van der Waals surface area contributed by atoms with Crippen molar-refractivity contribution < 1.29 is 9.59 Å². The second-order valence-corrected chi connectivity index (χ2v) is 8.29. The van der Waals surface area contributed by atoms with Crippen LogP contribution >= 0.6 is 0 Å². The standard InChI is InChI=1S/C28H25N3O2/c1-20-26(32)31(17-16-22-19-29-25-15-9-8-14-24(22)25)28(20,23-12-6-3-7-13-23)27(33)30-18-21-10-4-2-5-11-21/h2-15,19,29H,1,16-18H2,(H,30,33). The van der Waals surface area contributed by atoms with Crippen LogP contribution in [0.2, 0.25) is 0 Å². The molecule has 0 bridgehead atoms. The monoisotopic (exact) mass is 435 g/mol. The molecule has 0 aliphatic carbocycles. The van der Waals surface area contributed by atoms with Crippen LogP contribution in [-0.2, 0) is 28.1 Å². The number of hydrogen-bond acceptors (Lipinski definition) is 2. The van der Waals surface area contributed by atoms with E-state index in [-0.39, 0.29) is 11.8 Å². The van der Waals surface area contributed by atoms with Gasteiger partial charge in [-0.15, -0.1) is 0 Å². The third-order valence-electron chi connectivity index (χ3n) is 6.44. The lowest BCUT2D eigenvalue weighted by atomic mass is 9.72. The average Bonchev–Trinajstić information content (AvgIpc) is 3.28. The van der Waals surface area contributed by atoms with Gasteiger partial charge in [-0.1, -0.05) is 85.4 Å². The van der Waals surface area contributed by atoms with Crippen LogP contribution in [0.5, 0.6) is 0 Å². The fraction of sp³-hybridized carbons (Fsp3) is 0.143. The summed E-state index contributed by atoms with van der Waals surface area (Å²) in [6, 6.07) is 27.3. The number of β-lactam (4-membered cyclic amide) rings is 1. The van der Waals surface area contributed by atoms with E-state index in [1.54, 1.807) is 4.90 Å². The predicted molar refractivity (Wildman–Crippen MR) is 129 cm³/mol. The Labute approximate surface area is 192 Å². The molecule has 5 rings (SSSR count). The van der Waals surface area contributed by atoms with Gasteiger partial charge in [-0.25, -0.2) is 0 Å². The molecular weight excluding hydrogens is 410 g/mol. The highest BCUT2D eigenvalue weighted by Crippen LogP contribution is 2.45. The van der Waals surface area contributed by atoms with Gasteiger partial charge in [0.15, 0.2) is 5.54 Å². The van der Waals surface area contributed by atoms with Crippen LogP contribution in [0.15, 0.2) is 103 Å². The molecule has 4 aromatic rings. The largest absolute Gasteiger partial charge is 0.361 e. The fourth-order valence-corrected chi connectivity index (χ4v) is 4.73. The Kier molecular flexibility index (Phi) is 5.31. The summed E-state index contributed by atoms with van der Waals surface area (Å²) in [5.74, 6) is -0.422. The van der Waals surface area contributed by atoms with Gasteiger partial charge in [-0.2, -0.15) is 0 Å². The van der Waals surface area contributed by atoms with Crippen molar-refractivity contribution in [2.45, 2.75) is 18.5 Å². The third kappa shape index (κ3) is 3.42. The van der Waals surface area contributed by atoms with E-state index in [0.717, 1.165) is 27.6 Å². The number of H-pyrrole nitrogens is 1. The highest BCUT2D eigenvalue weighted by Gasteiger charge is 2.60. The highest BCUT2D eigenvalue weighted by molar-refractivity contribution is 6.14. The molecule has 1 aliphatic rings. The van der Waals surface area contributed by atoms with Crippen LogP contribution in [0.25, 0.3) is 10.9 Å². The number of aromatic amines is 1. The van der Waals surface area contributed by atoms with Gasteiger partial charge in [0, 0.05) is 35.8 Å². The number of carbonyl (C=O) groups excluding carboxylic acids is 2. The van der Waals surface area contributed by atoms with Crippen LogP contribution in [0.3, 0.4) is 0 Å². The quantitative estimate of drug-likeness (QED) is 0.335. The van der Waals surface area contributed by atoms with Crippen molar-refractivity contribution in [2.75, 3.05) is 6.54 Å². The minimum absolute atomic E-state index is 0.187. The average molecular weight is 436 g/mol. The summed E-state index contributed by atoms with van der Waals surface area (Å²) in [7, 11) is 0. The number of hydrogen-bond donors (Lipinski definition) is 2. The lowest BCUT2D eigenvalue weighted by Crippen LogP contribution is -2.69. The summed E-state index contributed by atoms with van der Waals surface area (Å²) in [6.07, 6.45) is 2.60. The molecule has 2 N–H and O–H groups in total. The molecule has 1 aliphatic heterocycles. The first-order chi connectivity index (χ1) is 16.1.